The van der Waals surface area contributed by atoms with E-state index < -0.39 is 0 Å². The van der Waals surface area contributed by atoms with Gasteiger partial charge in [0.25, 0.3) is 11.8 Å². The van der Waals surface area contributed by atoms with Crippen LogP contribution >= 0.6 is 0 Å². The van der Waals surface area contributed by atoms with Crippen LogP contribution in [0.4, 0.5) is 11.4 Å². The molecule has 2 amide bonds. The Hall–Kier alpha value is -4.46. The molecule has 0 radical (unpaired) electrons. The number of aliphatic imine (C=N–C) groups is 2. The van der Waals surface area contributed by atoms with Gasteiger partial charge in [-0.3, -0.25) is 19.6 Å². The first kappa shape index (κ1) is 32.9. The zero-order chi connectivity index (χ0) is 32.5. The molecule has 2 aliphatic rings. The van der Waals surface area contributed by atoms with E-state index in [1.807, 2.05) is 62.6 Å². The van der Waals surface area contributed by atoms with Crippen molar-refractivity contribution in [3.05, 3.63) is 95.1 Å². The van der Waals surface area contributed by atoms with E-state index in [9.17, 15) is 9.59 Å². The summed E-state index contributed by atoms with van der Waals surface area (Å²) in [7, 11) is 7.91. The first-order chi connectivity index (χ1) is 22.4. The standard InChI is InChI=1S/C38H48N6O2/c1-39-35(43(3)33-14-7-5-8-15-33)27-18-22-31(23-19-27)41-37(45)29-12-11-13-30(26-29)38(46)42-32-24-20-28(21-25-32)36(40-2)44(4)34-16-9-6-10-17-34/h11-13,18-26,33-34H,5-10,14-17H2,1-4H3,(H,41,45)(H,42,46). The van der Waals surface area contributed by atoms with Gasteiger partial charge >= 0.3 is 0 Å². The molecule has 0 aromatic heterocycles. The Morgan fingerprint density at radius 2 is 0.935 bits per heavy atom. The number of anilines is 2. The van der Waals surface area contributed by atoms with Gasteiger partial charge in [0.2, 0.25) is 0 Å². The number of hydrogen-bond acceptors (Lipinski definition) is 4. The summed E-state index contributed by atoms with van der Waals surface area (Å²) < 4.78 is 0. The normalized spacial score (nSPS) is 16.5. The number of nitrogens with one attached hydrogen (secondary N) is 2. The maximum atomic E-state index is 13.1. The minimum Gasteiger partial charge on any atom is -0.357 e. The summed E-state index contributed by atoms with van der Waals surface area (Å²) in [6.45, 7) is 0. The monoisotopic (exact) mass is 620 g/mol. The maximum Gasteiger partial charge on any atom is 0.255 e. The number of hydrogen-bond donors (Lipinski definition) is 2. The molecule has 0 heterocycles. The Kier molecular flexibility index (Phi) is 11.2. The first-order valence-electron chi connectivity index (χ1n) is 16.7. The molecule has 5 rings (SSSR count). The van der Waals surface area contributed by atoms with Gasteiger partial charge in [-0.05, 0) is 92.4 Å². The van der Waals surface area contributed by atoms with Crippen molar-refractivity contribution in [1.29, 1.82) is 0 Å². The van der Waals surface area contributed by atoms with E-state index >= 15 is 0 Å². The zero-order valence-corrected chi connectivity index (χ0v) is 27.8. The van der Waals surface area contributed by atoms with E-state index in [1.54, 1.807) is 24.3 Å². The van der Waals surface area contributed by atoms with E-state index in [-0.39, 0.29) is 11.8 Å². The van der Waals surface area contributed by atoms with Crippen LogP contribution in [0.15, 0.2) is 82.8 Å². The van der Waals surface area contributed by atoms with Crippen molar-refractivity contribution in [1.82, 2.24) is 9.80 Å². The Labute approximate surface area is 274 Å². The number of benzene rings is 3. The summed E-state index contributed by atoms with van der Waals surface area (Å²) >= 11 is 0. The predicted molar refractivity (Wildman–Crippen MR) is 189 cm³/mol. The van der Waals surface area contributed by atoms with Crippen LogP contribution in [-0.4, -0.2) is 73.6 Å². The van der Waals surface area contributed by atoms with Crippen LogP contribution in [0.1, 0.15) is 96.1 Å². The van der Waals surface area contributed by atoms with Crippen molar-refractivity contribution < 1.29 is 9.59 Å². The van der Waals surface area contributed by atoms with E-state index in [2.05, 4.69) is 44.5 Å². The average Bonchev–Trinajstić information content (AvgIpc) is 3.11. The number of amidine groups is 2. The number of carbonyl (C=O) groups excluding carboxylic acids is 2. The fourth-order valence-corrected chi connectivity index (χ4v) is 6.88. The van der Waals surface area contributed by atoms with Crippen molar-refractivity contribution in [2.45, 2.75) is 76.3 Å². The molecule has 3 aromatic rings. The molecule has 46 heavy (non-hydrogen) atoms. The number of carbonyl (C=O) groups is 2. The van der Waals surface area contributed by atoms with E-state index in [0.717, 1.165) is 22.8 Å². The fourth-order valence-electron chi connectivity index (χ4n) is 6.88. The Morgan fingerprint density at radius 3 is 1.28 bits per heavy atom. The lowest BCUT2D eigenvalue weighted by Gasteiger charge is -2.33. The summed E-state index contributed by atoms with van der Waals surface area (Å²) in [5.41, 5.74) is 4.24. The van der Waals surface area contributed by atoms with Gasteiger partial charge in [0.15, 0.2) is 0 Å². The lowest BCUT2D eigenvalue weighted by molar-refractivity contribution is 0.102. The van der Waals surface area contributed by atoms with Crippen molar-refractivity contribution >= 4 is 34.9 Å². The van der Waals surface area contributed by atoms with E-state index in [1.165, 1.54) is 64.2 Å². The number of nitrogens with zero attached hydrogens (tertiary/aromatic N) is 4. The van der Waals surface area contributed by atoms with Crippen LogP contribution in [-0.2, 0) is 0 Å². The molecule has 242 valence electrons. The molecule has 3 aromatic carbocycles. The molecule has 2 fully saturated rings. The quantitative estimate of drug-likeness (QED) is 0.202. The molecule has 8 nitrogen and oxygen atoms in total. The minimum absolute atomic E-state index is 0.274. The Bertz CT molecular complexity index is 1420. The molecule has 0 bridgehead atoms. The molecule has 8 heteroatoms. The maximum absolute atomic E-state index is 13.1. The van der Waals surface area contributed by atoms with Gasteiger partial charge in [0, 0.05) is 73.9 Å². The minimum atomic E-state index is -0.274. The fraction of sp³-hybridized carbons (Fsp3) is 0.421. The van der Waals surface area contributed by atoms with Crippen LogP contribution in [0, 0.1) is 0 Å². The molecule has 2 N–H and O–H groups in total. The zero-order valence-electron chi connectivity index (χ0n) is 27.8. The first-order valence-corrected chi connectivity index (χ1v) is 16.7. The number of rotatable bonds is 8. The SMILES string of the molecule is CN=C(c1ccc(NC(=O)c2cccc(C(=O)Nc3ccc(C(=NC)N(C)C4CCCCC4)cc3)c2)cc1)N(C)C1CCCCC1. The highest BCUT2D eigenvalue weighted by Crippen LogP contribution is 2.25. The van der Waals surface area contributed by atoms with Crippen molar-refractivity contribution in [3.8, 4) is 0 Å². The third-order valence-electron chi connectivity index (χ3n) is 9.53. The van der Waals surface area contributed by atoms with Gasteiger partial charge in [-0.15, -0.1) is 0 Å². The topological polar surface area (TPSA) is 89.4 Å². The second-order valence-corrected chi connectivity index (χ2v) is 12.5. The second kappa shape index (κ2) is 15.7. The molecule has 0 aliphatic heterocycles. The third-order valence-corrected chi connectivity index (χ3v) is 9.53. The highest BCUT2D eigenvalue weighted by molar-refractivity contribution is 6.09. The van der Waals surface area contributed by atoms with Gasteiger partial charge in [-0.2, -0.15) is 0 Å². The van der Waals surface area contributed by atoms with Crippen LogP contribution in [0.25, 0.3) is 0 Å². The van der Waals surface area contributed by atoms with Crippen LogP contribution in [0.3, 0.4) is 0 Å². The predicted octanol–water partition coefficient (Wildman–Crippen LogP) is 7.47. The third kappa shape index (κ3) is 8.03. The molecule has 0 unspecified atom stereocenters. The largest absolute Gasteiger partial charge is 0.357 e. The van der Waals surface area contributed by atoms with Gasteiger partial charge in [-0.25, -0.2) is 0 Å². The molecule has 0 atom stereocenters. The van der Waals surface area contributed by atoms with Crippen molar-refractivity contribution in [3.63, 3.8) is 0 Å². The average molecular weight is 621 g/mol. The van der Waals surface area contributed by atoms with E-state index in [4.69, 9.17) is 0 Å². The molecule has 0 spiro atoms. The highest BCUT2D eigenvalue weighted by atomic mass is 16.2. The molecular weight excluding hydrogens is 572 g/mol. The van der Waals surface area contributed by atoms with E-state index in [0.29, 0.717) is 34.6 Å². The summed E-state index contributed by atoms with van der Waals surface area (Å²) in [6.07, 6.45) is 12.5. The molecular formula is C38H48N6O2. The summed E-state index contributed by atoms with van der Waals surface area (Å²) in [5.74, 6) is 1.38. The summed E-state index contributed by atoms with van der Waals surface area (Å²) in [4.78, 5) is 40.0. The van der Waals surface area contributed by atoms with Gasteiger partial charge in [0.1, 0.15) is 11.7 Å². The smallest absolute Gasteiger partial charge is 0.255 e. The lowest BCUT2D eigenvalue weighted by atomic mass is 9.94. The Balaban J connectivity index is 1.19. The Morgan fingerprint density at radius 1 is 0.565 bits per heavy atom. The lowest BCUT2D eigenvalue weighted by Crippen LogP contribution is -2.38. The number of amides is 2. The van der Waals surface area contributed by atoms with Crippen molar-refractivity contribution in [2.24, 2.45) is 9.98 Å². The molecule has 2 saturated carbocycles. The second-order valence-electron chi connectivity index (χ2n) is 12.5. The summed E-state index contributed by atoms with van der Waals surface area (Å²) in [6, 6.07) is 23.4. The van der Waals surface area contributed by atoms with Gasteiger partial charge in [0.05, 0.1) is 0 Å². The van der Waals surface area contributed by atoms with Gasteiger partial charge in [-0.1, -0.05) is 44.6 Å². The molecule has 2 aliphatic carbocycles. The van der Waals surface area contributed by atoms with Crippen LogP contribution in [0.2, 0.25) is 0 Å². The summed E-state index contributed by atoms with van der Waals surface area (Å²) in [5, 5.41) is 5.93. The highest BCUT2D eigenvalue weighted by Gasteiger charge is 2.23. The van der Waals surface area contributed by atoms with Crippen LogP contribution < -0.4 is 10.6 Å². The van der Waals surface area contributed by atoms with Crippen LogP contribution in [0.5, 0.6) is 0 Å². The molecule has 0 saturated heterocycles. The van der Waals surface area contributed by atoms with Gasteiger partial charge < -0.3 is 20.4 Å². The van der Waals surface area contributed by atoms with Crippen molar-refractivity contribution in [2.75, 3.05) is 38.8 Å².